The Morgan fingerprint density at radius 3 is 2.29 bits per heavy atom. The highest BCUT2D eigenvalue weighted by Crippen LogP contribution is 2.52. The lowest BCUT2D eigenvalue weighted by Gasteiger charge is -2.26. The summed E-state index contributed by atoms with van der Waals surface area (Å²) in [4.78, 5) is 0. The van der Waals surface area contributed by atoms with E-state index in [1.807, 2.05) is 0 Å². The molecule has 0 aromatic heterocycles. The second-order valence-electron chi connectivity index (χ2n) is 4.17. The molecule has 1 saturated carbocycles. The molecule has 14 heavy (non-hydrogen) atoms. The van der Waals surface area contributed by atoms with Gasteiger partial charge in [0.1, 0.15) is 6.23 Å². The standard InChI is InChI=1S/C10H17F2NO/c1-6(2)7(3)13-9(14)10(4-5-10)8(11)12/h7-9,13-14H,1,4-5H2,2-3H3. The first-order valence-corrected chi connectivity index (χ1v) is 4.78. The van der Waals surface area contributed by atoms with Gasteiger partial charge in [0.2, 0.25) is 6.43 Å². The highest BCUT2D eigenvalue weighted by Gasteiger charge is 2.56. The normalized spacial score (nSPS) is 23.3. The molecule has 0 spiro atoms. The van der Waals surface area contributed by atoms with E-state index in [2.05, 4.69) is 11.9 Å². The Bertz CT molecular complexity index is 226. The van der Waals surface area contributed by atoms with Crippen molar-refractivity contribution in [2.45, 2.75) is 45.4 Å². The predicted octanol–water partition coefficient (Wildman–Crippen LogP) is 1.90. The van der Waals surface area contributed by atoms with Crippen molar-refractivity contribution < 1.29 is 13.9 Å². The van der Waals surface area contributed by atoms with Crippen LogP contribution in [0.25, 0.3) is 0 Å². The third kappa shape index (κ3) is 2.12. The number of alkyl halides is 2. The second-order valence-corrected chi connectivity index (χ2v) is 4.17. The molecule has 0 amide bonds. The summed E-state index contributed by atoms with van der Waals surface area (Å²) in [7, 11) is 0. The third-order valence-electron chi connectivity index (χ3n) is 2.95. The Kier molecular flexibility index (Phi) is 3.27. The van der Waals surface area contributed by atoms with Crippen molar-refractivity contribution in [3.8, 4) is 0 Å². The first-order valence-electron chi connectivity index (χ1n) is 4.78. The second kappa shape index (κ2) is 3.95. The van der Waals surface area contributed by atoms with E-state index in [4.69, 9.17) is 0 Å². The fourth-order valence-electron chi connectivity index (χ4n) is 1.30. The largest absolute Gasteiger partial charge is 0.378 e. The molecular formula is C10H17F2NO. The van der Waals surface area contributed by atoms with Crippen molar-refractivity contribution >= 4 is 0 Å². The average molecular weight is 205 g/mol. The van der Waals surface area contributed by atoms with E-state index in [1.165, 1.54) is 0 Å². The maximum Gasteiger partial charge on any atom is 0.247 e. The van der Waals surface area contributed by atoms with Gasteiger partial charge < -0.3 is 5.11 Å². The molecule has 2 N–H and O–H groups in total. The van der Waals surface area contributed by atoms with E-state index in [1.54, 1.807) is 13.8 Å². The minimum atomic E-state index is -2.46. The summed E-state index contributed by atoms with van der Waals surface area (Å²) < 4.78 is 25.1. The maximum absolute atomic E-state index is 12.6. The quantitative estimate of drug-likeness (QED) is 0.530. The minimum absolute atomic E-state index is 0.138. The van der Waals surface area contributed by atoms with Gasteiger partial charge in [0, 0.05) is 6.04 Å². The fraction of sp³-hybridized carbons (Fsp3) is 0.800. The van der Waals surface area contributed by atoms with Crippen molar-refractivity contribution in [3.05, 3.63) is 12.2 Å². The van der Waals surface area contributed by atoms with Crippen LogP contribution in [0, 0.1) is 5.41 Å². The Morgan fingerprint density at radius 2 is 2.00 bits per heavy atom. The van der Waals surface area contributed by atoms with Gasteiger partial charge in [0.25, 0.3) is 0 Å². The molecule has 0 aliphatic heterocycles. The molecule has 0 saturated heterocycles. The van der Waals surface area contributed by atoms with E-state index in [0.29, 0.717) is 12.8 Å². The summed E-state index contributed by atoms with van der Waals surface area (Å²) in [5.74, 6) is 0. The van der Waals surface area contributed by atoms with Gasteiger partial charge in [-0.2, -0.15) is 0 Å². The molecule has 2 nitrogen and oxygen atoms in total. The van der Waals surface area contributed by atoms with Crippen molar-refractivity contribution in [2.24, 2.45) is 5.41 Å². The Hall–Kier alpha value is -0.480. The minimum Gasteiger partial charge on any atom is -0.378 e. The number of aliphatic hydroxyl groups is 1. The van der Waals surface area contributed by atoms with E-state index in [9.17, 15) is 13.9 Å². The number of hydrogen-bond donors (Lipinski definition) is 2. The summed E-state index contributed by atoms with van der Waals surface area (Å²) in [6, 6.07) is -0.138. The summed E-state index contributed by atoms with van der Waals surface area (Å²) in [6.45, 7) is 7.29. The molecule has 2 atom stereocenters. The van der Waals surface area contributed by atoms with E-state index in [0.717, 1.165) is 5.57 Å². The van der Waals surface area contributed by atoms with Crippen LogP contribution in [0.4, 0.5) is 8.78 Å². The zero-order valence-corrected chi connectivity index (χ0v) is 8.56. The number of hydrogen-bond acceptors (Lipinski definition) is 2. The lowest BCUT2D eigenvalue weighted by molar-refractivity contribution is -0.0437. The lowest BCUT2D eigenvalue weighted by Crippen LogP contribution is -2.45. The SMILES string of the molecule is C=C(C)C(C)NC(O)C1(C(F)F)CC1. The van der Waals surface area contributed by atoms with Gasteiger partial charge in [-0.05, 0) is 26.7 Å². The maximum atomic E-state index is 12.6. The Balaban J connectivity index is 2.50. The van der Waals surface area contributed by atoms with Crippen LogP contribution in [0.15, 0.2) is 12.2 Å². The molecule has 1 rings (SSSR count). The Morgan fingerprint density at radius 1 is 1.50 bits per heavy atom. The molecule has 4 heteroatoms. The van der Waals surface area contributed by atoms with Gasteiger partial charge in [-0.1, -0.05) is 12.2 Å². The van der Waals surface area contributed by atoms with Crippen molar-refractivity contribution in [1.29, 1.82) is 0 Å². The summed E-state index contributed by atoms with van der Waals surface area (Å²) in [6.07, 6.45) is -2.81. The van der Waals surface area contributed by atoms with Gasteiger partial charge in [-0.3, -0.25) is 5.32 Å². The van der Waals surface area contributed by atoms with Crippen LogP contribution in [0.3, 0.4) is 0 Å². The zero-order chi connectivity index (χ0) is 10.9. The third-order valence-corrected chi connectivity index (χ3v) is 2.95. The van der Waals surface area contributed by atoms with Gasteiger partial charge in [0.05, 0.1) is 5.41 Å². The van der Waals surface area contributed by atoms with E-state index in [-0.39, 0.29) is 6.04 Å². The van der Waals surface area contributed by atoms with Crippen LogP contribution in [-0.2, 0) is 0 Å². The van der Waals surface area contributed by atoms with Gasteiger partial charge in [-0.15, -0.1) is 0 Å². The lowest BCUT2D eigenvalue weighted by atomic mass is 10.0. The molecule has 0 aromatic carbocycles. The van der Waals surface area contributed by atoms with E-state index >= 15 is 0 Å². The highest BCUT2D eigenvalue weighted by molar-refractivity contribution is 5.05. The van der Waals surface area contributed by atoms with Crippen molar-refractivity contribution in [3.63, 3.8) is 0 Å². The van der Waals surface area contributed by atoms with Crippen LogP contribution >= 0.6 is 0 Å². The smallest absolute Gasteiger partial charge is 0.247 e. The van der Waals surface area contributed by atoms with E-state index < -0.39 is 18.1 Å². The Labute approximate surface area is 83.0 Å². The first-order chi connectivity index (χ1) is 6.40. The van der Waals surface area contributed by atoms with Crippen LogP contribution in [0.1, 0.15) is 26.7 Å². The van der Waals surface area contributed by atoms with Crippen LogP contribution in [-0.4, -0.2) is 23.8 Å². The van der Waals surface area contributed by atoms with Gasteiger partial charge >= 0.3 is 0 Å². The predicted molar refractivity (Wildman–Crippen MR) is 51.1 cm³/mol. The van der Waals surface area contributed by atoms with Crippen LogP contribution < -0.4 is 5.32 Å². The molecule has 0 aromatic rings. The number of nitrogens with one attached hydrogen (secondary N) is 1. The molecule has 0 bridgehead atoms. The summed E-state index contributed by atoms with van der Waals surface area (Å²) in [5, 5.41) is 12.3. The topological polar surface area (TPSA) is 32.3 Å². The van der Waals surface area contributed by atoms with Crippen molar-refractivity contribution in [2.75, 3.05) is 0 Å². The first kappa shape index (κ1) is 11.6. The molecule has 0 radical (unpaired) electrons. The summed E-state index contributed by atoms with van der Waals surface area (Å²) in [5.41, 5.74) is -0.377. The van der Waals surface area contributed by atoms with Crippen LogP contribution in [0.2, 0.25) is 0 Å². The van der Waals surface area contributed by atoms with Crippen molar-refractivity contribution in [1.82, 2.24) is 5.32 Å². The molecular weight excluding hydrogens is 188 g/mol. The van der Waals surface area contributed by atoms with Gasteiger partial charge in [-0.25, -0.2) is 8.78 Å². The molecule has 1 aliphatic carbocycles. The zero-order valence-electron chi connectivity index (χ0n) is 8.56. The number of halogens is 2. The number of aliphatic hydroxyl groups excluding tert-OH is 1. The molecule has 1 fully saturated rings. The molecule has 82 valence electrons. The molecule has 2 unspecified atom stereocenters. The average Bonchev–Trinajstić information content (AvgIpc) is 2.83. The monoisotopic (exact) mass is 205 g/mol. The number of rotatable bonds is 5. The van der Waals surface area contributed by atoms with Crippen LogP contribution in [0.5, 0.6) is 0 Å². The molecule has 0 heterocycles. The highest BCUT2D eigenvalue weighted by atomic mass is 19.3. The fourth-order valence-corrected chi connectivity index (χ4v) is 1.30. The van der Waals surface area contributed by atoms with Gasteiger partial charge in [0.15, 0.2) is 0 Å². The summed E-state index contributed by atoms with van der Waals surface area (Å²) >= 11 is 0. The molecule has 1 aliphatic rings.